The molecule has 1 aromatic rings. The van der Waals surface area contributed by atoms with Crippen LogP contribution in [0.15, 0.2) is 24.5 Å². The molecule has 4 N–H and O–H groups in total. The van der Waals surface area contributed by atoms with Gasteiger partial charge < -0.3 is 11.2 Å². The molecular weight excluding hydrogens is 260 g/mol. The zero-order valence-electron chi connectivity index (χ0n) is 9.85. The molecule has 0 aromatic carbocycles. The van der Waals surface area contributed by atoms with Crippen LogP contribution in [0.3, 0.4) is 0 Å². The van der Waals surface area contributed by atoms with Gasteiger partial charge in [-0.15, -0.1) is 0 Å². The second-order valence-electron chi connectivity index (χ2n) is 3.87. The molecule has 0 spiro atoms. The summed E-state index contributed by atoms with van der Waals surface area (Å²) in [6.45, 7) is 1.51. The molecule has 1 unspecified atom stereocenters. The lowest BCUT2D eigenvalue weighted by molar-refractivity contribution is -0.684. The minimum atomic E-state index is -4.01. The highest BCUT2D eigenvalue weighted by molar-refractivity contribution is 7.86. The van der Waals surface area contributed by atoms with Crippen molar-refractivity contribution in [3.63, 3.8) is 0 Å². The molecule has 1 amide bonds. The lowest BCUT2D eigenvalue weighted by atomic mass is 10.1. The van der Waals surface area contributed by atoms with Crippen molar-refractivity contribution < 1.29 is 27.8 Å². The predicted octanol–water partition coefficient (Wildman–Crippen LogP) is -0.899. The summed E-state index contributed by atoms with van der Waals surface area (Å²) >= 11 is 0. The van der Waals surface area contributed by atoms with E-state index in [1.165, 1.54) is 6.92 Å². The van der Waals surface area contributed by atoms with Gasteiger partial charge >= 0.3 is 0 Å². The van der Waals surface area contributed by atoms with E-state index >= 15 is 0 Å². The van der Waals surface area contributed by atoms with Gasteiger partial charge in [-0.3, -0.25) is 9.35 Å². The highest BCUT2D eigenvalue weighted by Crippen LogP contribution is 2.07. The molecule has 0 aliphatic rings. The molecule has 0 saturated carbocycles. The first-order chi connectivity index (χ1) is 7.79. The largest absolute Gasteiger partial charge is 0.870 e. The first-order valence-electron chi connectivity index (χ1n) is 5.01. The first kappa shape index (κ1) is 16.5. The molecule has 0 saturated heterocycles. The summed E-state index contributed by atoms with van der Waals surface area (Å²) in [7, 11) is -4.01. The molecular formula is C10H16N2O5S. The highest BCUT2D eigenvalue weighted by Gasteiger charge is 2.18. The Kier molecular flexibility index (Phi) is 5.89. The number of nitrogens with zero attached hydrogens (tertiary/aromatic N) is 1. The van der Waals surface area contributed by atoms with Crippen LogP contribution in [0.5, 0.6) is 0 Å². The van der Waals surface area contributed by atoms with E-state index in [9.17, 15) is 13.2 Å². The maximum atomic E-state index is 10.8. The molecule has 0 radical (unpaired) electrons. The van der Waals surface area contributed by atoms with E-state index in [0.29, 0.717) is 0 Å². The Morgan fingerprint density at radius 3 is 2.33 bits per heavy atom. The summed E-state index contributed by atoms with van der Waals surface area (Å²) in [6.07, 6.45) is 3.49. The fourth-order valence-corrected chi connectivity index (χ4v) is 1.75. The van der Waals surface area contributed by atoms with Crippen LogP contribution < -0.4 is 10.3 Å². The lowest BCUT2D eigenvalue weighted by Crippen LogP contribution is -2.40. The fraction of sp³-hybridized carbons (Fsp3) is 0.400. The number of hydrogen-bond acceptors (Lipinski definition) is 4. The first-order valence-corrected chi connectivity index (χ1v) is 6.52. The standard InChI is InChI=1S/C10H14N2O4S.H2O/c1-8(17(14,15)16)6-9-2-4-12(5-3-9)7-10(11)13;/h2-5,8H,6-7H2,1H3,(H2-,11,13,14,15,16);1H2. The molecule has 0 aliphatic carbocycles. The summed E-state index contributed by atoms with van der Waals surface area (Å²) in [4.78, 5) is 10.7. The predicted molar refractivity (Wildman–Crippen MR) is 62.5 cm³/mol. The molecule has 0 aliphatic heterocycles. The molecule has 1 atom stereocenters. The normalized spacial score (nSPS) is 12.6. The van der Waals surface area contributed by atoms with Crippen molar-refractivity contribution in [1.82, 2.24) is 0 Å². The van der Waals surface area contributed by atoms with Gasteiger partial charge in [0, 0.05) is 12.1 Å². The smallest absolute Gasteiger partial charge is 0.283 e. The molecule has 8 heteroatoms. The van der Waals surface area contributed by atoms with E-state index in [2.05, 4.69) is 0 Å². The van der Waals surface area contributed by atoms with Crippen molar-refractivity contribution in [1.29, 1.82) is 0 Å². The number of aromatic nitrogens is 1. The van der Waals surface area contributed by atoms with Crippen molar-refractivity contribution in [2.75, 3.05) is 0 Å². The molecule has 1 aromatic heterocycles. The number of hydrogen-bond donors (Lipinski definition) is 2. The number of nitrogens with two attached hydrogens (primary N) is 1. The highest BCUT2D eigenvalue weighted by atomic mass is 32.2. The van der Waals surface area contributed by atoms with Crippen LogP contribution in [0.2, 0.25) is 0 Å². The third-order valence-corrected chi connectivity index (χ3v) is 3.51. The van der Waals surface area contributed by atoms with Crippen molar-refractivity contribution in [2.24, 2.45) is 5.73 Å². The number of carbonyl (C=O) groups is 1. The molecule has 102 valence electrons. The van der Waals surface area contributed by atoms with Gasteiger partial charge in [0.1, 0.15) is 0 Å². The van der Waals surface area contributed by atoms with Crippen LogP contribution in [0.1, 0.15) is 12.5 Å². The van der Waals surface area contributed by atoms with Gasteiger partial charge in [-0.25, -0.2) is 0 Å². The topological polar surface area (TPSA) is 131 Å². The Bertz CT molecular complexity index is 498. The molecule has 18 heavy (non-hydrogen) atoms. The third-order valence-electron chi connectivity index (χ3n) is 2.33. The number of amides is 1. The average Bonchev–Trinajstić information content (AvgIpc) is 2.18. The quantitative estimate of drug-likeness (QED) is 0.531. The molecule has 1 heterocycles. The summed E-state index contributed by atoms with van der Waals surface area (Å²) in [5.74, 6) is -0.450. The Labute approximate surface area is 105 Å². The SMILES string of the molecule is CC(Cc1cc[n+](CC(N)=O)cc1)S(=O)(=O)O.[OH-]. The Balaban J connectivity index is 0.00000289. The second-order valence-corrected chi connectivity index (χ2v) is 5.71. The van der Waals surface area contributed by atoms with Crippen molar-refractivity contribution in [3.05, 3.63) is 30.1 Å². The van der Waals surface area contributed by atoms with Crippen LogP contribution in [-0.4, -0.2) is 29.6 Å². The summed E-state index contributed by atoms with van der Waals surface area (Å²) < 4.78 is 32.1. The van der Waals surface area contributed by atoms with Gasteiger partial charge in [0.05, 0.1) is 5.25 Å². The Morgan fingerprint density at radius 2 is 1.94 bits per heavy atom. The van der Waals surface area contributed by atoms with E-state index in [1.54, 1.807) is 29.1 Å². The minimum absolute atomic E-state index is 0. The number of carbonyl (C=O) groups excluding carboxylic acids is 1. The third kappa shape index (κ3) is 5.21. The van der Waals surface area contributed by atoms with Gasteiger partial charge in [-0.2, -0.15) is 13.0 Å². The minimum Gasteiger partial charge on any atom is -0.870 e. The molecule has 7 nitrogen and oxygen atoms in total. The monoisotopic (exact) mass is 276 g/mol. The molecule has 1 rings (SSSR count). The van der Waals surface area contributed by atoms with Crippen LogP contribution in [0.4, 0.5) is 0 Å². The van der Waals surface area contributed by atoms with Crippen LogP contribution >= 0.6 is 0 Å². The Morgan fingerprint density at radius 1 is 1.44 bits per heavy atom. The van der Waals surface area contributed by atoms with E-state index in [-0.39, 0.29) is 18.4 Å². The van der Waals surface area contributed by atoms with E-state index < -0.39 is 21.3 Å². The molecule has 0 bridgehead atoms. The van der Waals surface area contributed by atoms with Crippen molar-refractivity contribution in [2.45, 2.75) is 25.1 Å². The second kappa shape index (κ2) is 6.43. The van der Waals surface area contributed by atoms with Gasteiger partial charge in [0.2, 0.25) is 6.54 Å². The van der Waals surface area contributed by atoms with Crippen LogP contribution in [-0.2, 0) is 27.9 Å². The van der Waals surface area contributed by atoms with Gasteiger partial charge in [-0.1, -0.05) is 0 Å². The lowest BCUT2D eigenvalue weighted by Gasteiger charge is -2.06. The maximum absolute atomic E-state index is 10.8. The Hall–Kier alpha value is -1.51. The fourth-order valence-electron chi connectivity index (χ4n) is 1.35. The maximum Gasteiger partial charge on any atom is 0.283 e. The van der Waals surface area contributed by atoms with Crippen LogP contribution in [0, 0.1) is 0 Å². The van der Waals surface area contributed by atoms with Gasteiger partial charge in [0.25, 0.3) is 16.0 Å². The zero-order valence-corrected chi connectivity index (χ0v) is 10.7. The van der Waals surface area contributed by atoms with E-state index in [1.807, 2.05) is 0 Å². The van der Waals surface area contributed by atoms with Gasteiger partial charge in [0.15, 0.2) is 12.4 Å². The summed E-state index contributed by atoms with van der Waals surface area (Å²) in [6, 6.07) is 3.37. The summed E-state index contributed by atoms with van der Waals surface area (Å²) in [5.41, 5.74) is 5.79. The average molecular weight is 276 g/mol. The van der Waals surface area contributed by atoms with Gasteiger partial charge in [-0.05, 0) is 18.9 Å². The van der Waals surface area contributed by atoms with Crippen molar-refractivity contribution in [3.8, 4) is 0 Å². The van der Waals surface area contributed by atoms with E-state index in [4.69, 9.17) is 10.3 Å². The number of pyridine rings is 1. The van der Waals surface area contributed by atoms with E-state index in [0.717, 1.165) is 5.56 Å². The zero-order chi connectivity index (χ0) is 13.1. The van der Waals surface area contributed by atoms with Crippen molar-refractivity contribution >= 4 is 16.0 Å². The molecule has 0 fully saturated rings. The van der Waals surface area contributed by atoms with Crippen LogP contribution in [0.25, 0.3) is 0 Å². The number of primary amides is 1. The summed E-state index contributed by atoms with van der Waals surface area (Å²) in [5, 5.41) is -0.852. The number of rotatable bonds is 5.